The summed E-state index contributed by atoms with van der Waals surface area (Å²) in [5.74, 6) is 5.64. The third kappa shape index (κ3) is 3.54. The van der Waals surface area contributed by atoms with Gasteiger partial charge >= 0.3 is 0 Å². The van der Waals surface area contributed by atoms with E-state index in [1.807, 2.05) is 10.9 Å². The van der Waals surface area contributed by atoms with Crippen molar-refractivity contribution < 1.29 is 4.74 Å². The minimum absolute atomic E-state index is 0.180. The molecule has 18 heavy (non-hydrogen) atoms. The molecule has 0 spiro atoms. The lowest BCUT2D eigenvalue weighted by atomic mass is 10.0. The van der Waals surface area contributed by atoms with Crippen molar-refractivity contribution >= 4 is 0 Å². The average Bonchev–Trinajstić information content (AvgIpc) is 3.02. The van der Waals surface area contributed by atoms with Crippen molar-refractivity contribution in [2.45, 2.75) is 57.7 Å². The first-order valence-corrected chi connectivity index (χ1v) is 6.93. The molecule has 0 aliphatic carbocycles. The lowest BCUT2D eigenvalue weighted by Crippen LogP contribution is -2.28. The molecule has 0 amide bonds. The molecule has 1 aliphatic rings. The van der Waals surface area contributed by atoms with Gasteiger partial charge in [0.15, 0.2) is 0 Å². The van der Waals surface area contributed by atoms with E-state index in [2.05, 4.69) is 23.6 Å². The second kappa shape index (κ2) is 6.87. The van der Waals surface area contributed by atoms with Crippen LogP contribution in [0, 0.1) is 0 Å². The van der Waals surface area contributed by atoms with E-state index in [1.54, 1.807) is 0 Å². The Kier molecular flexibility index (Phi) is 5.16. The van der Waals surface area contributed by atoms with Gasteiger partial charge in [-0.25, -0.2) is 0 Å². The third-order valence-corrected chi connectivity index (χ3v) is 3.51. The normalized spacial score (nSPS) is 21.3. The van der Waals surface area contributed by atoms with Crippen LogP contribution < -0.4 is 11.3 Å². The Morgan fingerprint density at radius 2 is 2.56 bits per heavy atom. The Morgan fingerprint density at radius 3 is 3.22 bits per heavy atom. The van der Waals surface area contributed by atoms with Crippen LogP contribution in [0.3, 0.4) is 0 Å². The van der Waals surface area contributed by atoms with E-state index in [0.717, 1.165) is 32.4 Å². The van der Waals surface area contributed by atoms with Gasteiger partial charge in [0.25, 0.3) is 0 Å². The van der Waals surface area contributed by atoms with Crippen molar-refractivity contribution in [1.29, 1.82) is 0 Å². The number of hydrogen-bond acceptors (Lipinski definition) is 4. The first-order chi connectivity index (χ1) is 8.83. The molecular weight excluding hydrogens is 228 g/mol. The van der Waals surface area contributed by atoms with Crippen LogP contribution in [0.5, 0.6) is 0 Å². The van der Waals surface area contributed by atoms with Crippen molar-refractivity contribution in [1.82, 2.24) is 15.2 Å². The van der Waals surface area contributed by atoms with E-state index in [1.165, 1.54) is 18.4 Å². The van der Waals surface area contributed by atoms with Gasteiger partial charge in [0.2, 0.25) is 0 Å². The summed E-state index contributed by atoms with van der Waals surface area (Å²) in [6.45, 7) is 4.03. The summed E-state index contributed by atoms with van der Waals surface area (Å²) in [6.07, 6.45) is 9.96. The van der Waals surface area contributed by atoms with Gasteiger partial charge in [0.1, 0.15) is 0 Å². The number of rotatable bonds is 7. The number of ether oxygens (including phenoxy) is 1. The van der Waals surface area contributed by atoms with Crippen LogP contribution in [0.1, 0.15) is 50.6 Å². The smallest absolute Gasteiger partial charge is 0.0576 e. The fourth-order valence-corrected chi connectivity index (χ4v) is 2.48. The summed E-state index contributed by atoms with van der Waals surface area (Å²) in [4.78, 5) is 0. The predicted molar refractivity (Wildman–Crippen MR) is 70.8 cm³/mol. The number of nitrogens with zero attached hydrogens (tertiary/aromatic N) is 2. The molecule has 1 aromatic rings. The number of hydrazine groups is 1. The molecule has 5 nitrogen and oxygen atoms in total. The number of aromatic nitrogens is 2. The topological polar surface area (TPSA) is 65.1 Å². The first kappa shape index (κ1) is 13.5. The van der Waals surface area contributed by atoms with Gasteiger partial charge < -0.3 is 4.74 Å². The van der Waals surface area contributed by atoms with Gasteiger partial charge in [0, 0.05) is 31.0 Å². The highest BCUT2D eigenvalue weighted by atomic mass is 16.5. The molecular formula is C13H24N4O. The summed E-state index contributed by atoms with van der Waals surface area (Å²) < 4.78 is 7.62. The molecule has 0 aromatic carbocycles. The van der Waals surface area contributed by atoms with E-state index in [-0.39, 0.29) is 6.04 Å². The Labute approximate surface area is 109 Å². The highest BCUT2D eigenvalue weighted by Crippen LogP contribution is 2.23. The molecule has 0 radical (unpaired) electrons. The van der Waals surface area contributed by atoms with Crippen LogP contribution in [-0.2, 0) is 11.3 Å². The molecule has 0 saturated carbocycles. The molecule has 5 heteroatoms. The van der Waals surface area contributed by atoms with Crippen LogP contribution in [-0.4, -0.2) is 22.5 Å². The Balaban J connectivity index is 1.85. The number of hydrogen-bond donors (Lipinski definition) is 2. The van der Waals surface area contributed by atoms with Crippen LogP contribution in [0.4, 0.5) is 0 Å². The Bertz CT molecular complexity index is 347. The van der Waals surface area contributed by atoms with Crippen LogP contribution >= 0.6 is 0 Å². The van der Waals surface area contributed by atoms with Crippen molar-refractivity contribution in [3.63, 3.8) is 0 Å². The minimum atomic E-state index is 0.180. The summed E-state index contributed by atoms with van der Waals surface area (Å²) in [6, 6.07) is 0.180. The summed E-state index contributed by atoms with van der Waals surface area (Å²) in [5.41, 5.74) is 4.06. The molecule has 2 atom stereocenters. The molecule has 1 aliphatic heterocycles. The van der Waals surface area contributed by atoms with Crippen molar-refractivity contribution in [2.24, 2.45) is 5.84 Å². The largest absolute Gasteiger partial charge is 0.378 e. The second-order valence-corrected chi connectivity index (χ2v) is 4.97. The highest BCUT2D eigenvalue weighted by molar-refractivity contribution is 5.10. The van der Waals surface area contributed by atoms with Crippen LogP contribution in [0.25, 0.3) is 0 Å². The van der Waals surface area contributed by atoms with Gasteiger partial charge in [-0.15, -0.1) is 0 Å². The zero-order valence-electron chi connectivity index (χ0n) is 11.1. The average molecular weight is 252 g/mol. The first-order valence-electron chi connectivity index (χ1n) is 6.93. The fraction of sp³-hybridized carbons (Fsp3) is 0.769. The quantitative estimate of drug-likeness (QED) is 0.573. The standard InChI is InChI=1S/C13H24N4O/c1-2-7-17-10-11(9-15-17)13(16-14)6-5-12-4-3-8-18-12/h9-10,12-13,16H,2-8,14H2,1H3. The van der Waals surface area contributed by atoms with Crippen molar-refractivity contribution in [3.05, 3.63) is 18.0 Å². The molecule has 2 rings (SSSR count). The monoisotopic (exact) mass is 252 g/mol. The zero-order chi connectivity index (χ0) is 12.8. The molecule has 3 N–H and O–H groups in total. The number of nitrogens with two attached hydrogens (primary N) is 1. The molecule has 0 bridgehead atoms. The molecule has 102 valence electrons. The molecule has 2 heterocycles. The van der Waals surface area contributed by atoms with E-state index in [4.69, 9.17) is 10.6 Å². The minimum Gasteiger partial charge on any atom is -0.378 e. The van der Waals surface area contributed by atoms with Gasteiger partial charge in [0.05, 0.1) is 12.3 Å². The number of aryl methyl sites for hydroxylation is 1. The van der Waals surface area contributed by atoms with E-state index in [0.29, 0.717) is 6.10 Å². The van der Waals surface area contributed by atoms with Gasteiger partial charge in [-0.05, 0) is 32.1 Å². The maximum Gasteiger partial charge on any atom is 0.0576 e. The molecule has 2 unspecified atom stereocenters. The van der Waals surface area contributed by atoms with Crippen LogP contribution in [0.15, 0.2) is 12.4 Å². The molecule has 1 fully saturated rings. The van der Waals surface area contributed by atoms with Gasteiger partial charge in [-0.1, -0.05) is 6.92 Å². The third-order valence-electron chi connectivity index (χ3n) is 3.51. The predicted octanol–water partition coefficient (Wildman–Crippen LogP) is 1.76. The summed E-state index contributed by atoms with van der Waals surface area (Å²) in [5, 5.41) is 4.34. The van der Waals surface area contributed by atoms with E-state index >= 15 is 0 Å². The lowest BCUT2D eigenvalue weighted by molar-refractivity contribution is 0.0996. The summed E-state index contributed by atoms with van der Waals surface area (Å²) in [7, 11) is 0. The van der Waals surface area contributed by atoms with E-state index < -0.39 is 0 Å². The van der Waals surface area contributed by atoms with E-state index in [9.17, 15) is 0 Å². The Morgan fingerprint density at radius 1 is 1.67 bits per heavy atom. The second-order valence-electron chi connectivity index (χ2n) is 4.97. The van der Waals surface area contributed by atoms with Crippen LogP contribution in [0.2, 0.25) is 0 Å². The van der Waals surface area contributed by atoms with Crippen molar-refractivity contribution in [2.75, 3.05) is 6.61 Å². The number of nitrogens with one attached hydrogen (secondary N) is 1. The molecule has 1 aromatic heterocycles. The SMILES string of the molecule is CCCn1cc(C(CCC2CCCO2)NN)cn1. The molecule has 1 saturated heterocycles. The summed E-state index contributed by atoms with van der Waals surface area (Å²) >= 11 is 0. The lowest BCUT2D eigenvalue weighted by Gasteiger charge is -2.16. The van der Waals surface area contributed by atoms with Gasteiger partial charge in [-0.3, -0.25) is 16.0 Å². The fourth-order valence-electron chi connectivity index (χ4n) is 2.48. The Hall–Kier alpha value is -0.910. The highest BCUT2D eigenvalue weighted by Gasteiger charge is 2.19. The van der Waals surface area contributed by atoms with Gasteiger partial charge in [-0.2, -0.15) is 5.10 Å². The maximum atomic E-state index is 5.64. The zero-order valence-corrected chi connectivity index (χ0v) is 11.1. The van der Waals surface area contributed by atoms with Crippen molar-refractivity contribution in [3.8, 4) is 0 Å². The maximum absolute atomic E-state index is 5.64.